The number of nitriles is 1. The number of para-hydroxylation sites is 1. The van der Waals surface area contributed by atoms with Crippen molar-refractivity contribution < 1.29 is 50.1 Å². The second-order valence-corrected chi connectivity index (χ2v) is 9.01. The van der Waals surface area contributed by atoms with E-state index in [1.54, 1.807) is 62.4 Å². The predicted molar refractivity (Wildman–Crippen MR) is 119 cm³/mol. The number of hydrogen-bond donors (Lipinski definition) is 0. The van der Waals surface area contributed by atoms with E-state index in [-0.39, 0.29) is 17.9 Å². The van der Waals surface area contributed by atoms with Gasteiger partial charge in [0.05, 0.1) is 5.92 Å². The Morgan fingerprint density at radius 3 is 2.24 bits per heavy atom. The molecule has 1 saturated carbocycles. The molecule has 6 nitrogen and oxygen atoms in total. The summed E-state index contributed by atoms with van der Waals surface area (Å²) in [6, 6.07) is 15.4. The molecule has 1 aliphatic rings. The van der Waals surface area contributed by atoms with E-state index >= 15 is 0 Å². The summed E-state index contributed by atoms with van der Waals surface area (Å²) in [6.07, 6.45) is -14.5. The molecular weight excluding hydrogens is 520 g/mol. The van der Waals surface area contributed by atoms with E-state index in [4.69, 9.17) is 9.47 Å². The molecule has 0 N–H and O–H groups in total. The van der Waals surface area contributed by atoms with Gasteiger partial charge in [-0.3, -0.25) is 4.79 Å². The van der Waals surface area contributed by atoms with Gasteiger partial charge in [0.2, 0.25) is 0 Å². The Balaban J connectivity index is 1.64. The van der Waals surface area contributed by atoms with Crippen LogP contribution in [0.3, 0.4) is 0 Å². The van der Waals surface area contributed by atoms with Crippen molar-refractivity contribution in [1.82, 2.24) is 0 Å². The van der Waals surface area contributed by atoms with Crippen molar-refractivity contribution in [2.75, 3.05) is 0 Å². The van der Waals surface area contributed by atoms with Gasteiger partial charge in [-0.1, -0.05) is 50.3 Å². The fourth-order valence-electron chi connectivity index (χ4n) is 3.91. The summed E-state index contributed by atoms with van der Waals surface area (Å²) in [5, 5.41) is 9.61. The third-order valence-electron chi connectivity index (χ3n) is 6.00. The van der Waals surface area contributed by atoms with Crippen LogP contribution in [0.15, 0.2) is 60.7 Å². The fraction of sp³-hybridized carbons (Fsp3) is 0.346. The molecule has 38 heavy (non-hydrogen) atoms. The molecule has 2 unspecified atom stereocenters. The van der Waals surface area contributed by atoms with E-state index in [0.29, 0.717) is 17.4 Å². The minimum atomic E-state index is -5.83. The molecule has 2 atom stereocenters. The number of allylic oxidation sites excluding steroid dienone is 1. The first-order valence-corrected chi connectivity index (χ1v) is 11.1. The molecule has 202 valence electrons. The lowest BCUT2D eigenvalue weighted by Crippen LogP contribution is -2.45. The van der Waals surface area contributed by atoms with Crippen LogP contribution in [0, 0.1) is 28.6 Å². The lowest BCUT2D eigenvalue weighted by Gasteiger charge is -2.22. The molecule has 0 spiro atoms. The Hall–Kier alpha value is -4.01. The monoisotopic (exact) mass is 541 g/mol. The number of carbonyl (C=O) groups is 2. The highest BCUT2D eigenvalue weighted by atomic mass is 19.4. The fourth-order valence-corrected chi connectivity index (χ4v) is 3.91. The van der Waals surface area contributed by atoms with E-state index in [0.717, 1.165) is 6.08 Å². The molecule has 0 aliphatic heterocycles. The SMILES string of the molecule is CC1(C)C(/C=C/C(=O)OC(C(F)(F)F)C(F)(F)F)C1C(=O)OCc1cccc(Oc2ccccc2)c1C#N. The highest BCUT2D eigenvalue weighted by molar-refractivity contribution is 5.83. The summed E-state index contributed by atoms with van der Waals surface area (Å²) in [6.45, 7) is 2.93. The lowest BCUT2D eigenvalue weighted by molar-refractivity contribution is -0.312. The lowest BCUT2D eigenvalue weighted by atomic mass is 10.1. The van der Waals surface area contributed by atoms with Crippen molar-refractivity contribution in [3.05, 3.63) is 71.8 Å². The summed E-state index contributed by atoms with van der Waals surface area (Å²) >= 11 is 0. The van der Waals surface area contributed by atoms with Crippen molar-refractivity contribution >= 4 is 11.9 Å². The maximum atomic E-state index is 12.7. The molecule has 2 aromatic carbocycles. The van der Waals surface area contributed by atoms with Gasteiger partial charge in [0, 0.05) is 11.6 Å². The summed E-state index contributed by atoms with van der Waals surface area (Å²) in [4.78, 5) is 24.3. The second-order valence-electron chi connectivity index (χ2n) is 9.01. The Morgan fingerprint density at radius 2 is 1.66 bits per heavy atom. The van der Waals surface area contributed by atoms with E-state index in [1.807, 2.05) is 6.07 Å². The molecule has 1 aliphatic carbocycles. The molecule has 12 heteroatoms. The molecule has 0 bridgehead atoms. The average molecular weight is 541 g/mol. The number of ether oxygens (including phenoxy) is 3. The van der Waals surface area contributed by atoms with Gasteiger partial charge < -0.3 is 14.2 Å². The number of halogens is 6. The van der Waals surface area contributed by atoms with Crippen molar-refractivity contribution in [1.29, 1.82) is 5.26 Å². The van der Waals surface area contributed by atoms with E-state index in [9.17, 15) is 41.2 Å². The standard InChI is InChI=1S/C26H21F6NO5/c1-24(2)18(11-12-20(34)38-23(25(27,28)29)26(30,31)32)21(24)22(35)36-14-15-7-6-10-19(17(15)13-33)37-16-8-4-3-5-9-16/h3-12,18,21,23H,14H2,1-2H3/b12-11+. The molecule has 0 amide bonds. The van der Waals surface area contributed by atoms with Crippen molar-refractivity contribution in [2.24, 2.45) is 17.3 Å². The zero-order chi connectivity index (χ0) is 28.3. The number of rotatable bonds is 8. The number of carbonyl (C=O) groups excluding carboxylic acids is 2. The Bertz CT molecular complexity index is 1230. The highest BCUT2D eigenvalue weighted by Crippen LogP contribution is 2.59. The van der Waals surface area contributed by atoms with E-state index in [1.165, 1.54) is 0 Å². The topological polar surface area (TPSA) is 85.6 Å². The minimum Gasteiger partial charge on any atom is -0.461 e. The van der Waals surface area contributed by atoms with Crippen LogP contribution in [0.1, 0.15) is 25.0 Å². The largest absolute Gasteiger partial charge is 0.461 e. The molecule has 0 saturated heterocycles. The molecule has 0 heterocycles. The van der Waals surface area contributed by atoms with Crippen LogP contribution in [0.2, 0.25) is 0 Å². The zero-order valence-electron chi connectivity index (χ0n) is 20.0. The van der Waals surface area contributed by atoms with Crippen LogP contribution in [0.25, 0.3) is 0 Å². The molecule has 3 rings (SSSR count). The smallest absolute Gasteiger partial charge is 0.434 e. The predicted octanol–water partition coefficient (Wildman–Crippen LogP) is 6.26. The first kappa shape index (κ1) is 28.6. The third-order valence-corrected chi connectivity index (χ3v) is 6.00. The van der Waals surface area contributed by atoms with E-state index < -0.39 is 47.6 Å². The Morgan fingerprint density at radius 1 is 1.03 bits per heavy atom. The first-order chi connectivity index (χ1) is 17.7. The summed E-state index contributed by atoms with van der Waals surface area (Å²) in [7, 11) is 0. The quantitative estimate of drug-likeness (QED) is 0.223. The maximum Gasteiger partial charge on any atom is 0.434 e. The third kappa shape index (κ3) is 6.65. The molecule has 2 aromatic rings. The first-order valence-electron chi connectivity index (χ1n) is 11.1. The van der Waals surface area contributed by atoms with Gasteiger partial charge in [-0.2, -0.15) is 31.6 Å². The van der Waals surface area contributed by atoms with Crippen LogP contribution < -0.4 is 4.74 Å². The van der Waals surface area contributed by atoms with Crippen LogP contribution in [0.5, 0.6) is 11.5 Å². The number of alkyl halides is 6. The van der Waals surface area contributed by atoms with E-state index in [2.05, 4.69) is 4.74 Å². The number of esters is 2. The van der Waals surface area contributed by atoms with Crippen LogP contribution in [-0.4, -0.2) is 30.4 Å². The molecule has 1 fully saturated rings. The Labute approximate surface area is 213 Å². The van der Waals surface area contributed by atoms with Gasteiger partial charge in [0.25, 0.3) is 6.10 Å². The minimum absolute atomic E-state index is 0.141. The van der Waals surface area contributed by atoms with Gasteiger partial charge >= 0.3 is 24.3 Å². The number of benzene rings is 2. The van der Waals surface area contributed by atoms with Crippen LogP contribution in [0.4, 0.5) is 26.3 Å². The second kappa shape index (κ2) is 10.8. The van der Waals surface area contributed by atoms with Gasteiger partial charge in [-0.15, -0.1) is 0 Å². The van der Waals surface area contributed by atoms with Gasteiger partial charge in [-0.05, 0) is 29.5 Å². The summed E-state index contributed by atoms with van der Waals surface area (Å²) in [5.74, 6) is -3.38. The number of hydrogen-bond acceptors (Lipinski definition) is 6. The van der Waals surface area contributed by atoms with Crippen molar-refractivity contribution in [3.8, 4) is 17.6 Å². The van der Waals surface area contributed by atoms with Gasteiger partial charge in [-0.25, -0.2) is 4.79 Å². The number of nitrogens with zero attached hydrogens (tertiary/aromatic N) is 1. The van der Waals surface area contributed by atoms with Crippen molar-refractivity contribution in [2.45, 2.75) is 38.9 Å². The Kier molecular flexibility index (Phi) is 8.09. The average Bonchev–Trinajstić information content (AvgIpc) is 3.39. The molecule has 0 radical (unpaired) electrons. The van der Waals surface area contributed by atoms with Gasteiger partial charge in [0.1, 0.15) is 29.7 Å². The van der Waals surface area contributed by atoms with Crippen LogP contribution in [-0.2, 0) is 25.7 Å². The molecule has 0 aromatic heterocycles. The molecular formula is C26H21F6NO5. The normalized spacial score (nSPS) is 18.6. The summed E-state index contributed by atoms with van der Waals surface area (Å²) < 4.78 is 90.1. The van der Waals surface area contributed by atoms with Crippen molar-refractivity contribution in [3.63, 3.8) is 0 Å². The van der Waals surface area contributed by atoms with Gasteiger partial charge in [0.15, 0.2) is 0 Å². The highest BCUT2D eigenvalue weighted by Gasteiger charge is 2.62. The maximum absolute atomic E-state index is 12.7. The zero-order valence-corrected chi connectivity index (χ0v) is 20.0. The summed E-state index contributed by atoms with van der Waals surface area (Å²) in [5.41, 5.74) is -0.298. The van der Waals surface area contributed by atoms with Crippen LogP contribution >= 0.6 is 0 Å².